The summed E-state index contributed by atoms with van der Waals surface area (Å²) in [6.45, 7) is 13.7. The lowest BCUT2D eigenvalue weighted by Crippen LogP contribution is -2.29. The van der Waals surface area contributed by atoms with Gasteiger partial charge in [-0.05, 0) is 150 Å². The van der Waals surface area contributed by atoms with Gasteiger partial charge in [0.2, 0.25) is 0 Å². The summed E-state index contributed by atoms with van der Waals surface area (Å²) in [6.07, 6.45) is 0. The standard InChI is InChI=1S/C81H66N2O/c1-79(2,3)60-39-45-65(46-40-60)82(64-43-36-57(37-44-64)55-24-12-7-13-25-55)74-54-72-76(78-77(74)69-34-22-23-35-75(69)84-78)68-50-49-67(53-71(68)81(72,62-30-18-10-19-31-62)63-32-20-11-21-33-63)83(66-47-41-61(42-48-66)80(4,5)6)73-51-38-59(56-26-14-8-15-27-56)52-70(73)58-28-16-9-17-29-58/h7-54H,1-6H3. The molecular weight excluding hydrogens is 1020 g/mol. The molecular formula is C81H66N2O. The lowest BCUT2D eigenvalue weighted by atomic mass is 9.67. The second-order valence-electron chi connectivity index (χ2n) is 24.5. The summed E-state index contributed by atoms with van der Waals surface area (Å²) in [5.74, 6) is 0. The highest BCUT2D eigenvalue weighted by molar-refractivity contribution is 6.19. The third-order valence-corrected chi connectivity index (χ3v) is 17.3. The highest BCUT2D eigenvalue weighted by atomic mass is 16.3. The topological polar surface area (TPSA) is 19.6 Å². The summed E-state index contributed by atoms with van der Waals surface area (Å²) in [4.78, 5) is 4.95. The van der Waals surface area contributed by atoms with Gasteiger partial charge in [0.15, 0.2) is 0 Å². The fourth-order valence-corrected chi connectivity index (χ4v) is 13.0. The molecule has 0 amide bonds. The van der Waals surface area contributed by atoms with Crippen LogP contribution in [0.4, 0.5) is 34.1 Å². The minimum Gasteiger partial charge on any atom is -0.455 e. The fourth-order valence-electron chi connectivity index (χ4n) is 13.0. The lowest BCUT2D eigenvalue weighted by molar-refractivity contribution is 0.590. The first-order valence-electron chi connectivity index (χ1n) is 29.4. The Labute approximate surface area is 494 Å². The van der Waals surface area contributed by atoms with Gasteiger partial charge in [0.25, 0.3) is 0 Å². The van der Waals surface area contributed by atoms with E-state index >= 15 is 0 Å². The third-order valence-electron chi connectivity index (χ3n) is 17.3. The van der Waals surface area contributed by atoms with Gasteiger partial charge in [-0.3, -0.25) is 0 Å². The van der Waals surface area contributed by atoms with Crippen LogP contribution in [0.2, 0.25) is 0 Å². The molecule has 0 radical (unpaired) electrons. The molecule has 14 rings (SSSR count). The molecule has 0 atom stereocenters. The Kier molecular flexibility index (Phi) is 12.9. The second-order valence-corrected chi connectivity index (χ2v) is 24.5. The van der Waals surface area contributed by atoms with Crippen LogP contribution in [0.25, 0.3) is 66.4 Å². The summed E-state index contributed by atoms with van der Waals surface area (Å²) in [7, 11) is 0. The van der Waals surface area contributed by atoms with E-state index in [1.54, 1.807) is 0 Å². The van der Waals surface area contributed by atoms with E-state index in [2.05, 4.69) is 343 Å². The summed E-state index contributed by atoms with van der Waals surface area (Å²) in [6, 6.07) is 107. The molecule has 12 aromatic carbocycles. The van der Waals surface area contributed by atoms with Gasteiger partial charge in [-0.1, -0.05) is 260 Å². The molecule has 1 heterocycles. The van der Waals surface area contributed by atoms with Crippen LogP contribution in [0.1, 0.15) is 74.9 Å². The van der Waals surface area contributed by atoms with Crippen molar-refractivity contribution in [2.75, 3.05) is 9.80 Å². The first-order valence-corrected chi connectivity index (χ1v) is 29.4. The number of fused-ring (bicyclic) bond motifs is 7. The first-order chi connectivity index (χ1) is 40.9. The van der Waals surface area contributed by atoms with Gasteiger partial charge in [-0.2, -0.15) is 0 Å². The Morgan fingerprint density at radius 1 is 0.321 bits per heavy atom. The van der Waals surface area contributed by atoms with Gasteiger partial charge < -0.3 is 14.2 Å². The van der Waals surface area contributed by atoms with Crippen molar-refractivity contribution in [1.82, 2.24) is 0 Å². The maximum atomic E-state index is 7.45. The van der Waals surface area contributed by atoms with Gasteiger partial charge in [-0.15, -0.1) is 0 Å². The van der Waals surface area contributed by atoms with Crippen molar-refractivity contribution in [2.45, 2.75) is 57.8 Å². The molecule has 0 fully saturated rings. The first kappa shape index (κ1) is 52.1. The van der Waals surface area contributed by atoms with Gasteiger partial charge >= 0.3 is 0 Å². The molecule has 0 N–H and O–H groups in total. The van der Waals surface area contributed by atoms with Crippen LogP contribution in [-0.4, -0.2) is 0 Å². The van der Waals surface area contributed by atoms with Gasteiger partial charge in [0, 0.05) is 39.3 Å². The van der Waals surface area contributed by atoms with Crippen LogP contribution in [0.15, 0.2) is 296 Å². The average molecular weight is 1080 g/mol. The number of benzene rings is 12. The van der Waals surface area contributed by atoms with Crippen molar-refractivity contribution >= 4 is 56.1 Å². The molecule has 3 heteroatoms. The Bertz CT molecular complexity index is 4460. The number of anilines is 6. The average Bonchev–Trinajstić information content (AvgIpc) is 1.60. The minimum atomic E-state index is -0.828. The van der Waals surface area contributed by atoms with Crippen LogP contribution in [0.3, 0.4) is 0 Å². The van der Waals surface area contributed by atoms with Crippen LogP contribution >= 0.6 is 0 Å². The predicted octanol–water partition coefficient (Wildman–Crippen LogP) is 22.5. The minimum absolute atomic E-state index is 0.0296. The van der Waals surface area contributed by atoms with E-state index in [1.807, 2.05) is 0 Å². The molecule has 0 saturated carbocycles. The molecule has 0 unspecified atom stereocenters. The molecule has 1 aliphatic carbocycles. The molecule has 1 aliphatic rings. The Balaban J connectivity index is 1.07. The summed E-state index contributed by atoms with van der Waals surface area (Å²) in [5.41, 5.74) is 23.6. The Hall–Kier alpha value is -9.96. The number of furan rings is 1. The fraction of sp³-hybridized carbons (Fsp3) is 0.111. The summed E-state index contributed by atoms with van der Waals surface area (Å²) >= 11 is 0. The molecule has 0 bridgehead atoms. The quantitative estimate of drug-likeness (QED) is 0.129. The van der Waals surface area contributed by atoms with Crippen molar-refractivity contribution in [3.05, 3.63) is 325 Å². The zero-order chi connectivity index (χ0) is 57.2. The zero-order valence-corrected chi connectivity index (χ0v) is 48.5. The van der Waals surface area contributed by atoms with E-state index in [0.29, 0.717) is 0 Å². The van der Waals surface area contributed by atoms with Crippen molar-refractivity contribution in [3.63, 3.8) is 0 Å². The molecule has 1 aromatic heterocycles. The van der Waals surface area contributed by atoms with Crippen molar-refractivity contribution in [1.29, 1.82) is 0 Å². The maximum absolute atomic E-state index is 7.45. The molecule has 0 aliphatic heterocycles. The zero-order valence-electron chi connectivity index (χ0n) is 48.5. The van der Waals surface area contributed by atoms with E-state index in [1.165, 1.54) is 38.9 Å². The normalized spacial score (nSPS) is 12.7. The number of hydrogen-bond donors (Lipinski definition) is 0. The third kappa shape index (κ3) is 9.00. The Morgan fingerprint density at radius 2 is 0.750 bits per heavy atom. The molecule has 13 aromatic rings. The smallest absolute Gasteiger partial charge is 0.145 e. The molecule has 0 saturated heterocycles. The lowest BCUT2D eigenvalue weighted by Gasteiger charge is -2.36. The van der Waals surface area contributed by atoms with Gasteiger partial charge in [0.1, 0.15) is 11.2 Å². The van der Waals surface area contributed by atoms with E-state index in [-0.39, 0.29) is 10.8 Å². The molecule has 84 heavy (non-hydrogen) atoms. The van der Waals surface area contributed by atoms with Crippen molar-refractivity contribution in [2.24, 2.45) is 0 Å². The largest absolute Gasteiger partial charge is 0.455 e. The van der Waals surface area contributed by atoms with Crippen LogP contribution in [0.5, 0.6) is 0 Å². The van der Waals surface area contributed by atoms with Gasteiger partial charge in [-0.25, -0.2) is 0 Å². The van der Waals surface area contributed by atoms with E-state index < -0.39 is 5.41 Å². The number of rotatable bonds is 11. The van der Waals surface area contributed by atoms with Crippen LogP contribution in [-0.2, 0) is 16.2 Å². The maximum Gasteiger partial charge on any atom is 0.145 e. The van der Waals surface area contributed by atoms with Gasteiger partial charge in [0.05, 0.1) is 22.2 Å². The monoisotopic (exact) mass is 1080 g/mol. The molecule has 0 spiro atoms. The highest BCUT2D eigenvalue weighted by Gasteiger charge is 2.49. The summed E-state index contributed by atoms with van der Waals surface area (Å²) < 4.78 is 7.45. The predicted molar refractivity (Wildman–Crippen MR) is 354 cm³/mol. The SMILES string of the molecule is CC(C)(C)c1ccc(N(c2ccc3c(c2)C(c2ccccc2)(c2ccccc2)c2cc(N(c4ccc(-c5ccccc5)cc4)c4ccc(C(C)(C)C)cc4)c4c(oc5ccccc54)c2-3)c2ccc(-c3ccccc3)cc2-c2ccccc2)cc1. The van der Waals surface area contributed by atoms with Crippen molar-refractivity contribution in [3.8, 4) is 44.5 Å². The van der Waals surface area contributed by atoms with Crippen LogP contribution in [0, 0.1) is 0 Å². The second kappa shape index (κ2) is 20.8. The summed E-state index contributed by atoms with van der Waals surface area (Å²) in [5, 5.41) is 2.13. The van der Waals surface area contributed by atoms with E-state index in [9.17, 15) is 0 Å². The van der Waals surface area contributed by atoms with E-state index in [0.717, 1.165) is 95.0 Å². The van der Waals surface area contributed by atoms with Crippen LogP contribution < -0.4 is 9.80 Å². The number of hydrogen-bond acceptors (Lipinski definition) is 3. The highest BCUT2D eigenvalue weighted by Crippen LogP contribution is 2.62. The Morgan fingerprint density at radius 3 is 1.29 bits per heavy atom. The van der Waals surface area contributed by atoms with Crippen molar-refractivity contribution < 1.29 is 4.42 Å². The number of para-hydroxylation sites is 1. The molecule has 406 valence electrons. The molecule has 3 nitrogen and oxygen atoms in total. The number of nitrogens with zero attached hydrogens (tertiary/aromatic N) is 2. The van der Waals surface area contributed by atoms with E-state index in [4.69, 9.17) is 4.42 Å².